The number of hydrogen-bond donors (Lipinski definition) is 0. The first-order valence-corrected chi connectivity index (χ1v) is 7.35. The molecular formula is C18H22O5. The van der Waals surface area contributed by atoms with Gasteiger partial charge in [0.15, 0.2) is 0 Å². The van der Waals surface area contributed by atoms with Crippen molar-refractivity contribution in [3.63, 3.8) is 0 Å². The van der Waals surface area contributed by atoms with E-state index in [-0.39, 0.29) is 5.97 Å². The molecule has 0 saturated heterocycles. The van der Waals surface area contributed by atoms with E-state index >= 15 is 0 Å². The van der Waals surface area contributed by atoms with E-state index in [4.69, 9.17) is 9.47 Å². The van der Waals surface area contributed by atoms with Crippen molar-refractivity contribution in [2.45, 2.75) is 19.8 Å². The van der Waals surface area contributed by atoms with Crippen LogP contribution in [0.25, 0.3) is 6.08 Å². The summed E-state index contributed by atoms with van der Waals surface area (Å²) in [5.41, 5.74) is 1.44. The summed E-state index contributed by atoms with van der Waals surface area (Å²) in [6, 6.07) is 7.42. The van der Waals surface area contributed by atoms with Gasteiger partial charge in [-0.1, -0.05) is 18.7 Å². The highest BCUT2D eigenvalue weighted by molar-refractivity contribution is 5.92. The molecule has 0 unspecified atom stereocenters. The monoisotopic (exact) mass is 318 g/mol. The van der Waals surface area contributed by atoms with E-state index in [2.05, 4.69) is 11.3 Å². The maximum atomic E-state index is 11.3. The molecule has 1 aromatic rings. The molecule has 23 heavy (non-hydrogen) atoms. The number of ether oxygens (including phenoxy) is 3. The zero-order valence-electron chi connectivity index (χ0n) is 13.5. The highest BCUT2D eigenvalue weighted by Gasteiger charge is 2.03. The summed E-state index contributed by atoms with van der Waals surface area (Å²) < 4.78 is 15.1. The van der Waals surface area contributed by atoms with Gasteiger partial charge in [-0.25, -0.2) is 9.59 Å². The summed E-state index contributed by atoms with van der Waals surface area (Å²) in [7, 11) is 1.36. The van der Waals surface area contributed by atoms with E-state index < -0.39 is 5.97 Å². The molecule has 1 aromatic carbocycles. The van der Waals surface area contributed by atoms with Gasteiger partial charge in [-0.3, -0.25) is 0 Å². The molecule has 5 heteroatoms. The maximum absolute atomic E-state index is 11.3. The highest BCUT2D eigenvalue weighted by atomic mass is 16.5. The minimum atomic E-state index is -0.406. The van der Waals surface area contributed by atoms with Crippen LogP contribution in [0.2, 0.25) is 0 Å². The number of esters is 2. The molecule has 0 aliphatic rings. The van der Waals surface area contributed by atoms with Crippen LogP contribution in [-0.2, 0) is 19.1 Å². The van der Waals surface area contributed by atoms with Crippen LogP contribution in [0, 0.1) is 0 Å². The van der Waals surface area contributed by atoms with E-state index in [0.29, 0.717) is 18.8 Å². The SMILES string of the molecule is C=CC(=O)OCCCCOc1ccc(C=C(C)C(=O)OC)cc1. The molecule has 0 radical (unpaired) electrons. The molecule has 0 atom stereocenters. The molecule has 0 bridgehead atoms. The topological polar surface area (TPSA) is 61.8 Å². The summed E-state index contributed by atoms with van der Waals surface area (Å²) in [4.78, 5) is 22.2. The van der Waals surface area contributed by atoms with E-state index in [9.17, 15) is 9.59 Å². The average molecular weight is 318 g/mol. The van der Waals surface area contributed by atoms with E-state index in [1.165, 1.54) is 7.11 Å². The van der Waals surface area contributed by atoms with Crippen LogP contribution in [0.5, 0.6) is 5.75 Å². The number of carbonyl (C=O) groups is 2. The Balaban J connectivity index is 2.33. The van der Waals surface area contributed by atoms with Crippen LogP contribution in [0.1, 0.15) is 25.3 Å². The first-order valence-electron chi connectivity index (χ1n) is 7.35. The first kappa shape index (κ1) is 18.5. The van der Waals surface area contributed by atoms with Gasteiger partial charge in [0.25, 0.3) is 0 Å². The predicted octanol–water partition coefficient (Wildman–Crippen LogP) is 3.15. The normalized spacial score (nSPS) is 10.8. The van der Waals surface area contributed by atoms with Crippen LogP contribution < -0.4 is 4.74 Å². The van der Waals surface area contributed by atoms with Crippen LogP contribution >= 0.6 is 0 Å². The molecule has 0 amide bonds. The fourth-order valence-corrected chi connectivity index (χ4v) is 1.76. The Morgan fingerprint density at radius 1 is 1.13 bits per heavy atom. The second-order valence-electron chi connectivity index (χ2n) is 4.82. The van der Waals surface area contributed by atoms with Crippen LogP contribution in [0.4, 0.5) is 0 Å². The lowest BCUT2D eigenvalue weighted by Gasteiger charge is -2.07. The molecular weight excluding hydrogens is 296 g/mol. The van der Waals surface area contributed by atoms with Crippen LogP contribution in [-0.4, -0.2) is 32.3 Å². The number of methoxy groups -OCH3 is 1. The molecule has 0 heterocycles. The van der Waals surface area contributed by atoms with Crippen molar-refractivity contribution >= 4 is 18.0 Å². The Hall–Kier alpha value is -2.56. The van der Waals surface area contributed by atoms with Crippen molar-refractivity contribution in [2.24, 2.45) is 0 Å². The Kier molecular flexibility index (Phi) is 8.21. The smallest absolute Gasteiger partial charge is 0.333 e. The Bertz CT molecular complexity index is 557. The molecule has 0 aromatic heterocycles. The average Bonchev–Trinajstić information content (AvgIpc) is 2.58. The Morgan fingerprint density at radius 3 is 2.39 bits per heavy atom. The second-order valence-corrected chi connectivity index (χ2v) is 4.82. The standard InChI is InChI=1S/C18H22O5/c1-4-17(19)23-12-6-5-11-22-16-9-7-15(8-10-16)13-14(2)18(20)21-3/h4,7-10,13H,1,5-6,11-12H2,2-3H3. The molecule has 1 rings (SSSR count). The van der Waals surface area contributed by atoms with Crippen LogP contribution in [0.15, 0.2) is 42.5 Å². The third kappa shape index (κ3) is 7.31. The van der Waals surface area contributed by atoms with Crippen molar-refractivity contribution in [3.05, 3.63) is 48.1 Å². The molecule has 0 saturated carbocycles. The zero-order chi connectivity index (χ0) is 17.1. The minimum absolute atomic E-state index is 0.345. The van der Waals surface area contributed by atoms with Gasteiger partial charge in [-0.05, 0) is 43.5 Å². The van der Waals surface area contributed by atoms with Gasteiger partial charge in [0.1, 0.15) is 5.75 Å². The van der Waals surface area contributed by atoms with Gasteiger partial charge in [0, 0.05) is 11.6 Å². The van der Waals surface area contributed by atoms with Crippen molar-refractivity contribution in [1.82, 2.24) is 0 Å². The van der Waals surface area contributed by atoms with Crippen molar-refractivity contribution in [2.75, 3.05) is 20.3 Å². The van der Waals surface area contributed by atoms with E-state index in [1.807, 2.05) is 24.3 Å². The number of hydrogen-bond acceptors (Lipinski definition) is 5. The van der Waals surface area contributed by atoms with Crippen molar-refractivity contribution in [3.8, 4) is 5.75 Å². The fourth-order valence-electron chi connectivity index (χ4n) is 1.76. The number of benzene rings is 1. The quantitative estimate of drug-likeness (QED) is 0.398. The lowest BCUT2D eigenvalue weighted by molar-refractivity contribution is -0.138. The third-order valence-corrected chi connectivity index (χ3v) is 2.99. The maximum Gasteiger partial charge on any atom is 0.333 e. The van der Waals surface area contributed by atoms with Gasteiger partial charge >= 0.3 is 11.9 Å². The van der Waals surface area contributed by atoms with Gasteiger partial charge in [0.2, 0.25) is 0 Å². The molecule has 0 aliphatic carbocycles. The Labute approximate surface area is 136 Å². The number of rotatable bonds is 9. The van der Waals surface area contributed by atoms with Crippen molar-refractivity contribution < 1.29 is 23.8 Å². The predicted molar refractivity (Wildman–Crippen MR) is 88.0 cm³/mol. The molecule has 0 N–H and O–H groups in total. The first-order chi connectivity index (χ1) is 11.1. The summed E-state index contributed by atoms with van der Waals surface area (Å²) in [5.74, 6) is 0.000230. The van der Waals surface area contributed by atoms with Gasteiger partial charge in [-0.15, -0.1) is 0 Å². The zero-order valence-corrected chi connectivity index (χ0v) is 13.5. The Morgan fingerprint density at radius 2 is 1.78 bits per heavy atom. The third-order valence-electron chi connectivity index (χ3n) is 2.99. The molecule has 0 fully saturated rings. The second kappa shape index (κ2) is 10.2. The van der Waals surface area contributed by atoms with E-state index in [0.717, 1.165) is 30.2 Å². The summed E-state index contributed by atoms with van der Waals surface area (Å²) in [6.45, 7) is 5.94. The molecule has 0 spiro atoms. The fraction of sp³-hybridized carbons (Fsp3) is 0.333. The van der Waals surface area contributed by atoms with Gasteiger partial charge < -0.3 is 14.2 Å². The summed E-state index contributed by atoms with van der Waals surface area (Å²) in [5, 5.41) is 0. The van der Waals surface area contributed by atoms with E-state index in [1.54, 1.807) is 13.0 Å². The van der Waals surface area contributed by atoms with Gasteiger partial charge in [-0.2, -0.15) is 0 Å². The lowest BCUT2D eigenvalue weighted by Crippen LogP contribution is -2.04. The number of unbranched alkanes of at least 4 members (excludes halogenated alkanes) is 1. The number of carbonyl (C=O) groups excluding carboxylic acids is 2. The molecule has 124 valence electrons. The minimum Gasteiger partial charge on any atom is -0.494 e. The van der Waals surface area contributed by atoms with Crippen molar-refractivity contribution in [1.29, 1.82) is 0 Å². The molecule has 0 aliphatic heterocycles. The summed E-state index contributed by atoms with van der Waals surface area (Å²) in [6.07, 6.45) is 4.42. The lowest BCUT2D eigenvalue weighted by atomic mass is 10.1. The van der Waals surface area contributed by atoms with Gasteiger partial charge in [0.05, 0.1) is 20.3 Å². The highest BCUT2D eigenvalue weighted by Crippen LogP contribution is 2.15. The summed E-state index contributed by atoms with van der Waals surface area (Å²) >= 11 is 0. The largest absolute Gasteiger partial charge is 0.494 e. The van der Waals surface area contributed by atoms with Crippen LogP contribution in [0.3, 0.4) is 0 Å². The molecule has 5 nitrogen and oxygen atoms in total.